The molecule has 2 heterocycles. The molecule has 22 heavy (non-hydrogen) atoms. The normalized spacial score (nSPS) is 25.2. The van der Waals surface area contributed by atoms with Gasteiger partial charge in [-0.2, -0.15) is 0 Å². The zero-order valence-corrected chi connectivity index (χ0v) is 12.1. The highest BCUT2D eigenvalue weighted by atomic mass is 19.1. The number of nitrogens with one attached hydrogen (secondary N) is 2. The van der Waals surface area contributed by atoms with Gasteiger partial charge in [0.1, 0.15) is 5.82 Å². The Labute approximate surface area is 126 Å². The average Bonchev–Trinajstić information content (AvgIpc) is 2.88. The first kappa shape index (κ1) is 14.3. The van der Waals surface area contributed by atoms with Crippen molar-refractivity contribution in [1.29, 1.82) is 0 Å². The van der Waals surface area contributed by atoms with E-state index in [2.05, 4.69) is 10.6 Å². The summed E-state index contributed by atoms with van der Waals surface area (Å²) in [6.45, 7) is 3.50. The summed E-state index contributed by atoms with van der Waals surface area (Å²) in [5, 5.41) is 15.0. The summed E-state index contributed by atoms with van der Waals surface area (Å²) in [6, 6.07) is 3.82. The van der Waals surface area contributed by atoms with Gasteiger partial charge in [0, 0.05) is 23.0 Å². The van der Waals surface area contributed by atoms with Gasteiger partial charge in [0.05, 0.1) is 11.5 Å². The Morgan fingerprint density at radius 1 is 1.41 bits per heavy atom. The summed E-state index contributed by atoms with van der Waals surface area (Å²) < 4.78 is 13.4. The summed E-state index contributed by atoms with van der Waals surface area (Å²) in [5.74, 6) is -2.30. The fraction of sp³-hybridized carbons (Fsp3) is 0.250. The predicted octanol–water partition coefficient (Wildman–Crippen LogP) is 2.13. The van der Waals surface area contributed by atoms with Crippen LogP contribution in [0.15, 0.2) is 35.5 Å². The number of carbonyl (C=O) groups is 2. The van der Waals surface area contributed by atoms with Crippen LogP contribution in [-0.2, 0) is 9.59 Å². The zero-order valence-electron chi connectivity index (χ0n) is 12.1. The lowest BCUT2D eigenvalue weighted by atomic mass is 9.96. The number of amides is 1. The number of benzene rings is 1. The van der Waals surface area contributed by atoms with Crippen LogP contribution in [0.5, 0.6) is 0 Å². The number of halogens is 1. The second-order valence-corrected chi connectivity index (χ2v) is 5.55. The number of anilines is 1. The van der Waals surface area contributed by atoms with E-state index in [0.717, 1.165) is 0 Å². The number of carboxylic acids is 1. The van der Waals surface area contributed by atoms with Crippen LogP contribution in [0, 0.1) is 11.7 Å². The van der Waals surface area contributed by atoms with Gasteiger partial charge in [-0.05, 0) is 43.7 Å². The molecule has 1 aromatic carbocycles. The molecule has 2 atom stereocenters. The van der Waals surface area contributed by atoms with Crippen molar-refractivity contribution >= 4 is 23.1 Å². The van der Waals surface area contributed by atoms with Crippen LogP contribution in [0.3, 0.4) is 0 Å². The Bertz CT molecular complexity index is 752. The molecule has 6 heteroatoms. The molecule has 0 aromatic heterocycles. The molecule has 2 aliphatic heterocycles. The minimum Gasteiger partial charge on any atom is -0.481 e. The van der Waals surface area contributed by atoms with Gasteiger partial charge in [-0.3, -0.25) is 9.59 Å². The number of rotatable bonds is 2. The van der Waals surface area contributed by atoms with E-state index in [9.17, 15) is 19.1 Å². The highest BCUT2D eigenvalue weighted by Gasteiger charge is 2.35. The molecule has 0 fully saturated rings. The van der Waals surface area contributed by atoms with Crippen LogP contribution in [0.1, 0.15) is 19.4 Å². The van der Waals surface area contributed by atoms with Gasteiger partial charge < -0.3 is 15.7 Å². The molecule has 1 amide bonds. The fourth-order valence-electron chi connectivity index (χ4n) is 2.99. The van der Waals surface area contributed by atoms with Crippen molar-refractivity contribution in [2.45, 2.75) is 19.9 Å². The number of carboxylic acid groups (broad SMARTS) is 1. The Hall–Kier alpha value is -2.63. The van der Waals surface area contributed by atoms with Crippen LogP contribution >= 0.6 is 0 Å². The third-order valence-corrected chi connectivity index (χ3v) is 4.09. The Morgan fingerprint density at radius 2 is 2.14 bits per heavy atom. The summed E-state index contributed by atoms with van der Waals surface area (Å²) in [4.78, 5) is 23.4. The highest BCUT2D eigenvalue weighted by molar-refractivity contribution is 6.31. The molecule has 0 saturated heterocycles. The van der Waals surface area contributed by atoms with E-state index >= 15 is 0 Å². The van der Waals surface area contributed by atoms with Crippen molar-refractivity contribution in [3.8, 4) is 0 Å². The number of allylic oxidation sites excluding steroid dienone is 1. The molecular weight excluding hydrogens is 287 g/mol. The van der Waals surface area contributed by atoms with Crippen LogP contribution in [0.25, 0.3) is 5.57 Å². The lowest BCUT2D eigenvalue weighted by molar-refractivity contribution is -0.140. The maximum absolute atomic E-state index is 13.4. The Morgan fingerprint density at radius 3 is 2.77 bits per heavy atom. The van der Waals surface area contributed by atoms with Crippen molar-refractivity contribution in [3.63, 3.8) is 0 Å². The summed E-state index contributed by atoms with van der Waals surface area (Å²) in [7, 11) is 0. The Balaban J connectivity index is 2.05. The third-order valence-electron chi connectivity index (χ3n) is 4.09. The van der Waals surface area contributed by atoms with E-state index in [4.69, 9.17) is 0 Å². The lowest BCUT2D eigenvalue weighted by Crippen LogP contribution is -2.30. The summed E-state index contributed by atoms with van der Waals surface area (Å²) >= 11 is 0. The van der Waals surface area contributed by atoms with Crippen molar-refractivity contribution in [1.82, 2.24) is 5.32 Å². The van der Waals surface area contributed by atoms with Gasteiger partial charge in [0.25, 0.3) is 5.91 Å². The van der Waals surface area contributed by atoms with Crippen molar-refractivity contribution < 1.29 is 19.1 Å². The van der Waals surface area contributed by atoms with Gasteiger partial charge in [-0.1, -0.05) is 0 Å². The van der Waals surface area contributed by atoms with Crippen molar-refractivity contribution in [2.75, 3.05) is 5.32 Å². The highest BCUT2D eigenvalue weighted by Crippen LogP contribution is 2.35. The molecule has 0 spiro atoms. The van der Waals surface area contributed by atoms with E-state index < -0.39 is 17.7 Å². The van der Waals surface area contributed by atoms with Gasteiger partial charge >= 0.3 is 5.97 Å². The van der Waals surface area contributed by atoms with Crippen LogP contribution in [-0.4, -0.2) is 23.0 Å². The molecule has 0 bridgehead atoms. The number of hydrogen-bond acceptors (Lipinski definition) is 3. The van der Waals surface area contributed by atoms with Gasteiger partial charge in [0.2, 0.25) is 0 Å². The molecule has 2 unspecified atom stereocenters. The monoisotopic (exact) mass is 302 g/mol. The second kappa shape index (κ2) is 4.98. The minimum absolute atomic E-state index is 0.263. The van der Waals surface area contributed by atoms with Crippen molar-refractivity contribution in [2.24, 2.45) is 5.92 Å². The number of carbonyl (C=O) groups excluding carboxylic acids is 1. The number of fused-ring (bicyclic) bond motifs is 1. The molecule has 1 aromatic rings. The van der Waals surface area contributed by atoms with E-state index in [1.54, 1.807) is 19.9 Å². The zero-order chi connectivity index (χ0) is 16.0. The molecular formula is C16H15FN2O3. The fourth-order valence-corrected chi connectivity index (χ4v) is 2.99. The SMILES string of the molecule is CC1=C(/C=C2\C(=O)Nc3ccc(F)cc32)NC(C)C1C(=O)O. The van der Waals surface area contributed by atoms with E-state index in [1.807, 2.05) is 0 Å². The number of aliphatic carboxylic acids is 1. The molecule has 3 rings (SSSR count). The topological polar surface area (TPSA) is 78.4 Å². The van der Waals surface area contributed by atoms with Crippen LogP contribution in [0.4, 0.5) is 10.1 Å². The molecule has 0 saturated carbocycles. The standard InChI is InChI=1S/C16H15FN2O3/c1-7-13(18-8(2)14(7)16(21)22)6-11-10-5-9(17)3-4-12(10)19-15(11)20/h3-6,8,14,18H,1-2H3,(H,19,20)(H,21,22)/b11-6-. The van der Waals surface area contributed by atoms with E-state index in [0.29, 0.717) is 28.1 Å². The van der Waals surface area contributed by atoms with Gasteiger partial charge in [-0.25, -0.2) is 4.39 Å². The first-order valence-corrected chi connectivity index (χ1v) is 6.91. The first-order valence-electron chi connectivity index (χ1n) is 6.91. The maximum Gasteiger partial charge on any atom is 0.312 e. The molecule has 0 aliphatic carbocycles. The quantitative estimate of drug-likeness (QED) is 0.731. The molecule has 3 N–H and O–H groups in total. The van der Waals surface area contributed by atoms with E-state index in [-0.39, 0.29) is 11.9 Å². The first-order chi connectivity index (χ1) is 10.4. The second-order valence-electron chi connectivity index (χ2n) is 5.55. The molecule has 0 radical (unpaired) electrons. The number of hydrogen-bond donors (Lipinski definition) is 3. The summed E-state index contributed by atoms with van der Waals surface area (Å²) in [6.07, 6.45) is 1.59. The Kier molecular flexibility index (Phi) is 3.24. The van der Waals surface area contributed by atoms with Gasteiger partial charge in [-0.15, -0.1) is 0 Å². The smallest absolute Gasteiger partial charge is 0.312 e. The maximum atomic E-state index is 13.4. The van der Waals surface area contributed by atoms with E-state index in [1.165, 1.54) is 18.2 Å². The molecule has 2 aliphatic rings. The average molecular weight is 302 g/mol. The summed E-state index contributed by atoms with van der Waals surface area (Å²) in [5.41, 5.74) is 2.62. The predicted molar refractivity (Wildman–Crippen MR) is 79.4 cm³/mol. The largest absolute Gasteiger partial charge is 0.481 e. The van der Waals surface area contributed by atoms with Crippen molar-refractivity contribution in [3.05, 3.63) is 46.9 Å². The molecule has 114 valence electrons. The molecule has 5 nitrogen and oxygen atoms in total. The van der Waals surface area contributed by atoms with Crippen LogP contribution < -0.4 is 10.6 Å². The van der Waals surface area contributed by atoms with Gasteiger partial charge in [0.15, 0.2) is 0 Å². The van der Waals surface area contributed by atoms with Crippen LogP contribution in [0.2, 0.25) is 0 Å². The minimum atomic E-state index is -0.909. The third kappa shape index (κ3) is 2.16. The lowest BCUT2D eigenvalue weighted by Gasteiger charge is -2.11.